The zero-order valence-electron chi connectivity index (χ0n) is 12.0. The minimum Gasteiger partial charge on any atom is -0.378 e. The summed E-state index contributed by atoms with van der Waals surface area (Å²) in [5, 5.41) is 3.50. The molecule has 4 nitrogen and oxygen atoms in total. The van der Waals surface area contributed by atoms with Gasteiger partial charge in [0, 0.05) is 19.1 Å². The number of nitrogens with zero attached hydrogens (tertiary/aromatic N) is 1. The quantitative estimate of drug-likeness (QED) is 0.908. The highest BCUT2D eigenvalue weighted by Gasteiger charge is 2.28. The summed E-state index contributed by atoms with van der Waals surface area (Å²) in [5.41, 5.74) is 2.77. The van der Waals surface area contributed by atoms with Crippen molar-refractivity contribution in [1.29, 1.82) is 0 Å². The van der Waals surface area contributed by atoms with Gasteiger partial charge < -0.3 is 9.64 Å². The van der Waals surface area contributed by atoms with Gasteiger partial charge in [-0.15, -0.1) is 0 Å². The minimum atomic E-state index is -0.135. The summed E-state index contributed by atoms with van der Waals surface area (Å²) in [7, 11) is 0. The van der Waals surface area contributed by atoms with Gasteiger partial charge in [-0.05, 0) is 30.9 Å². The molecule has 1 heterocycles. The average Bonchev–Trinajstić information content (AvgIpc) is 2.91. The standard InChI is InChI=1S/C16H22N2O2/c1-12(16(19)18-8-10-20-11-9-18)17-15-7-6-13-4-2-3-5-14(13)15/h2-5,12,15,17H,6-11H2,1H3. The van der Waals surface area contributed by atoms with E-state index in [4.69, 9.17) is 4.74 Å². The third kappa shape index (κ3) is 2.72. The number of aryl methyl sites for hydroxylation is 1. The van der Waals surface area contributed by atoms with Crippen molar-refractivity contribution in [3.8, 4) is 0 Å². The second kappa shape index (κ2) is 5.94. The Morgan fingerprint density at radius 1 is 1.35 bits per heavy atom. The molecular formula is C16H22N2O2. The van der Waals surface area contributed by atoms with E-state index in [1.54, 1.807) is 0 Å². The van der Waals surface area contributed by atoms with Gasteiger partial charge in [0.25, 0.3) is 0 Å². The number of carbonyl (C=O) groups is 1. The molecule has 1 aromatic rings. The van der Waals surface area contributed by atoms with Gasteiger partial charge in [-0.25, -0.2) is 0 Å². The number of ether oxygens (including phenoxy) is 1. The van der Waals surface area contributed by atoms with Crippen LogP contribution in [0.1, 0.15) is 30.5 Å². The molecule has 1 amide bonds. The molecule has 3 rings (SSSR count). The Kier molecular flexibility index (Phi) is 4.03. The molecule has 2 unspecified atom stereocenters. The van der Waals surface area contributed by atoms with E-state index < -0.39 is 0 Å². The number of fused-ring (bicyclic) bond motifs is 1. The Morgan fingerprint density at radius 3 is 2.90 bits per heavy atom. The van der Waals surface area contributed by atoms with Crippen LogP contribution in [0, 0.1) is 0 Å². The lowest BCUT2D eigenvalue weighted by atomic mass is 10.1. The fourth-order valence-electron chi connectivity index (χ4n) is 3.16. The average molecular weight is 274 g/mol. The van der Waals surface area contributed by atoms with Crippen LogP contribution < -0.4 is 5.32 Å². The molecule has 0 bridgehead atoms. The van der Waals surface area contributed by atoms with Gasteiger partial charge in [-0.2, -0.15) is 0 Å². The molecule has 0 aromatic heterocycles. The van der Waals surface area contributed by atoms with Crippen LogP contribution in [0.4, 0.5) is 0 Å². The maximum Gasteiger partial charge on any atom is 0.239 e. The fraction of sp³-hybridized carbons (Fsp3) is 0.562. The largest absolute Gasteiger partial charge is 0.378 e. The first-order valence-electron chi connectivity index (χ1n) is 7.46. The molecule has 4 heteroatoms. The van der Waals surface area contributed by atoms with E-state index in [9.17, 15) is 4.79 Å². The number of rotatable bonds is 3. The second-order valence-electron chi connectivity index (χ2n) is 5.62. The zero-order valence-corrected chi connectivity index (χ0v) is 12.0. The van der Waals surface area contributed by atoms with E-state index in [-0.39, 0.29) is 11.9 Å². The van der Waals surface area contributed by atoms with E-state index in [1.165, 1.54) is 11.1 Å². The summed E-state index contributed by atoms with van der Waals surface area (Å²) >= 11 is 0. The Labute approximate surface area is 120 Å². The van der Waals surface area contributed by atoms with Gasteiger partial charge in [0.15, 0.2) is 0 Å². The summed E-state index contributed by atoms with van der Waals surface area (Å²) < 4.78 is 5.30. The normalized spacial score (nSPS) is 23.4. The molecule has 1 saturated heterocycles. The highest BCUT2D eigenvalue weighted by Crippen LogP contribution is 2.31. The molecule has 20 heavy (non-hydrogen) atoms. The highest BCUT2D eigenvalue weighted by atomic mass is 16.5. The number of morpholine rings is 1. The minimum absolute atomic E-state index is 0.135. The molecule has 2 atom stereocenters. The number of benzene rings is 1. The van der Waals surface area contributed by atoms with Crippen molar-refractivity contribution in [1.82, 2.24) is 10.2 Å². The van der Waals surface area contributed by atoms with Gasteiger partial charge >= 0.3 is 0 Å². The fourth-order valence-corrected chi connectivity index (χ4v) is 3.16. The molecule has 1 aliphatic carbocycles. The Hall–Kier alpha value is -1.39. The monoisotopic (exact) mass is 274 g/mol. The maximum atomic E-state index is 12.4. The van der Waals surface area contributed by atoms with Gasteiger partial charge in [0.05, 0.1) is 19.3 Å². The second-order valence-corrected chi connectivity index (χ2v) is 5.62. The van der Waals surface area contributed by atoms with Crippen molar-refractivity contribution >= 4 is 5.91 Å². The third-order valence-corrected chi connectivity index (χ3v) is 4.28. The molecule has 2 aliphatic rings. The van der Waals surface area contributed by atoms with Crippen molar-refractivity contribution in [2.24, 2.45) is 0 Å². The van der Waals surface area contributed by atoms with E-state index in [0.717, 1.165) is 12.8 Å². The first kappa shape index (κ1) is 13.6. The van der Waals surface area contributed by atoms with Crippen LogP contribution in [0.3, 0.4) is 0 Å². The van der Waals surface area contributed by atoms with E-state index >= 15 is 0 Å². The van der Waals surface area contributed by atoms with E-state index in [0.29, 0.717) is 32.3 Å². The summed E-state index contributed by atoms with van der Waals surface area (Å²) in [6, 6.07) is 8.70. The van der Waals surface area contributed by atoms with E-state index in [1.807, 2.05) is 11.8 Å². The number of amides is 1. The lowest BCUT2D eigenvalue weighted by molar-refractivity contribution is -0.137. The predicted molar refractivity (Wildman–Crippen MR) is 77.5 cm³/mol. The van der Waals surface area contributed by atoms with Gasteiger partial charge in [0.1, 0.15) is 0 Å². The van der Waals surface area contributed by atoms with Gasteiger partial charge in [-0.1, -0.05) is 24.3 Å². The maximum absolute atomic E-state index is 12.4. The van der Waals surface area contributed by atoms with Crippen LogP contribution in [-0.4, -0.2) is 43.2 Å². The number of nitrogens with one attached hydrogen (secondary N) is 1. The number of hydrogen-bond donors (Lipinski definition) is 1. The summed E-state index contributed by atoms with van der Waals surface area (Å²) in [6.07, 6.45) is 2.19. The van der Waals surface area contributed by atoms with Crippen molar-refractivity contribution in [3.05, 3.63) is 35.4 Å². The van der Waals surface area contributed by atoms with Crippen molar-refractivity contribution in [2.45, 2.75) is 31.8 Å². The molecule has 1 fully saturated rings. The molecule has 1 aromatic carbocycles. The SMILES string of the molecule is CC(NC1CCc2ccccc21)C(=O)N1CCOCC1. The Bertz CT molecular complexity index is 483. The van der Waals surface area contributed by atoms with Gasteiger partial charge in [-0.3, -0.25) is 10.1 Å². The van der Waals surface area contributed by atoms with Crippen LogP contribution in [0.2, 0.25) is 0 Å². The van der Waals surface area contributed by atoms with Crippen LogP contribution in [-0.2, 0) is 16.0 Å². The first-order chi connectivity index (χ1) is 9.75. The molecule has 1 aliphatic heterocycles. The number of carbonyl (C=O) groups excluding carboxylic acids is 1. The first-order valence-corrected chi connectivity index (χ1v) is 7.46. The third-order valence-electron chi connectivity index (χ3n) is 4.28. The molecule has 0 radical (unpaired) electrons. The number of hydrogen-bond acceptors (Lipinski definition) is 3. The van der Waals surface area contributed by atoms with Crippen LogP contribution in [0.15, 0.2) is 24.3 Å². The smallest absolute Gasteiger partial charge is 0.239 e. The topological polar surface area (TPSA) is 41.6 Å². The molecular weight excluding hydrogens is 252 g/mol. The Balaban J connectivity index is 1.62. The van der Waals surface area contributed by atoms with Crippen LogP contribution in [0.25, 0.3) is 0 Å². The molecule has 0 saturated carbocycles. The van der Waals surface area contributed by atoms with Gasteiger partial charge in [0.2, 0.25) is 5.91 Å². The van der Waals surface area contributed by atoms with Crippen LogP contribution in [0.5, 0.6) is 0 Å². The summed E-state index contributed by atoms with van der Waals surface area (Å²) in [4.78, 5) is 14.3. The highest BCUT2D eigenvalue weighted by molar-refractivity contribution is 5.81. The summed E-state index contributed by atoms with van der Waals surface area (Å²) in [6.45, 7) is 4.71. The Morgan fingerprint density at radius 2 is 2.10 bits per heavy atom. The zero-order chi connectivity index (χ0) is 13.9. The van der Waals surface area contributed by atoms with E-state index in [2.05, 4.69) is 29.6 Å². The summed E-state index contributed by atoms with van der Waals surface area (Å²) in [5.74, 6) is 0.192. The van der Waals surface area contributed by atoms with Crippen molar-refractivity contribution in [3.63, 3.8) is 0 Å². The molecule has 1 N–H and O–H groups in total. The predicted octanol–water partition coefficient (Wildman–Crippen LogP) is 1.51. The molecule has 0 spiro atoms. The van der Waals surface area contributed by atoms with Crippen LogP contribution >= 0.6 is 0 Å². The van der Waals surface area contributed by atoms with Crippen molar-refractivity contribution in [2.75, 3.05) is 26.3 Å². The molecule has 108 valence electrons. The lowest BCUT2D eigenvalue weighted by Crippen LogP contribution is -2.49. The van der Waals surface area contributed by atoms with Crippen molar-refractivity contribution < 1.29 is 9.53 Å². The lowest BCUT2D eigenvalue weighted by Gasteiger charge is -2.30.